The van der Waals surface area contributed by atoms with Gasteiger partial charge in [-0.1, -0.05) is 11.6 Å². The molecular weight excluding hydrogens is 359 g/mol. The van der Waals surface area contributed by atoms with Crippen molar-refractivity contribution in [2.45, 2.75) is 0 Å². The second-order valence-electron chi connectivity index (χ2n) is 5.99. The highest BCUT2D eigenvalue weighted by atomic mass is 35.5. The highest BCUT2D eigenvalue weighted by Gasteiger charge is 2.23. The molecule has 136 valence electrons. The van der Waals surface area contributed by atoms with E-state index in [2.05, 4.69) is 10.3 Å². The monoisotopic (exact) mass is 376 g/mol. The summed E-state index contributed by atoms with van der Waals surface area (Å²) in [6.07, 6.45) is 1.51. The van der Waals surface area contributed by atoms with Crippen LogP contribution in [0.25, 0.3) is 0 Å². The molecule has 2 amide bonds. The molecule has 0 unspecified atom stereocenters. The lowest BCUT2D eigenvalue weighted by Gasteiger charge is -2.34. The van der Waals surface area contributed by atoms with E-state index < -0.39 is 0 Å². The molecule has 1 aromatic heterocycles. The molecule has 2 heterocycles. The summed E-state index contributed by atoms with van der Waals surface area (Å²) in [5.74, 6) is -0.610. The van der Waals surface area contributed by atoms with Crippen LogP contribution in [-0.2, 0) is 4.79 Å². The number of rotatable bonds is 4. The molecule has 26 heavy (non-hydrogen) atoms. The number of piperazine rings is 1. The third-order valence-corrected chi connectivity index (χ3v) is 4.33. The predicted octanol–water partition coefficient (Wildman–Crippen LogP) is 2.27. The number of anilines is 1. The molecule has 1 saturated heterocycles. The Labute approximate surface area is 155 Å². The van der Waals surface area contributed by atoms with Crippen LogP contribution in [0.3, 0.4) is 0 Å². The average molecular weight is 377 g/mol. The van der Waals surface area contributed by atoms with Gasteiger partial charge in [-0.3, -0.25) is 14.5 Å². The normalized spacial score (nSPS) is 14.9. The van der Waals surface area contributed by atoms with Crippen molar-refractivity contribution < 1.29 is 14.0 Å². The Balaban J connectivity index is 1.48. The van der Waals surface area contributed by atoms with Gasteiger partial charge in [0.15, 0.2) is 0 Å². The Bertz CT molecular complexity index is 792. The maximum Gasteiger partial charge on any atom is 0.254 e. The van der Waals surface area contributed by atoms with E-state index >= 15 is 0 Å². The van der Waals surface area contributed by atoms with Gasteiger partial charge in [0.1, 0.15) is 11.0 Å². The summed E-state index contributed by atoms with van der Waals surface area (Å²) in [7, 11) is 0. The molecule has 1 aliphatic heterocycles. The van der Waals surface area contributed by atoms with Crippen molar-refractivity contribution in [1.29, 1.82) is 0 Å². The second-order valence-corrected chi connectivity index (χ2v) is 6.38. The summed E-state index contributed by atoms with van der Waals surface area (Å²) < 4.78 is 12.9. The van der Waals surface area contributed by atoms with Crippen LogP contribution in [0.2, 0.25) is 5.15 Å². The van der Waals surface area contributed by atoms with E-state index in [1.165, 1.54) is 30.5 Å². The number of nitrogens with one attached hydrogen (secondary N) is 1. The zero-order chi connectivity index (χ0) is 18.5. The predicted molar refractivity (Wildman–Crippen MR) is 96.6 cm³/mol. The zero-order valence-corrected chi connectivity index (χ0v) is 14.7. The molecule has 0 aliphatic carbocycles. The van der Waals surface area contributed by atoms with E-state index in [9.17, 15) is 14.0 Å². The molecule has 2 aromatic rings. The Hall–Kier alpha value is -2.51. The number of carbonyl (C=O) groups excluding carboxylic acids is 2. The van der Waals surface area contributed by atoms with E-state index in [0.717, 1.165) is 0 Å². The van der Waals surface area contributed by atoms with Crippen molar-refractivity contribution in [2.24, 2.45) is 0 Å². The van der Waals surface area contributed by atoms with Crippen molar-refractivity contribution in [3.63, 3.8) is 0 Å². The van der Waals surface area contributed by atoms with Crippen molar-refractivity contribution >= 4 is 29.1 Å². The molecule has 1 aliphatic rings. The van der Waals surface area contributed by atoms with Crippen LogP contribution in [0, 0.1) is 5.82 Å². The van der Waals surface area contributed by atoms with Gasteiger partial charge in [0.2, 0.25) is 5.91 Å². The summed E-state index contributed by atoms with van der Waals surface area (Å²) in [6.45, 7) is 2.48. The fourth-order valence-corrected chi connectivity index (χ4v) is 2.94. The summed E-state index contributed by atoms with van der Waals surface area (Å²) in [4.78, 5) is 32.1. The summed E-state index contributed by atoms with van der Waals surface area (Å²) in [5.41, 5.74) is 1.06. The number of pyridine rings is 1. The van der Waals surface area contributed by atoms with E-state index in [1.807, 2.05) is 4.90 Å². The van der Waals surface area contributed by atoms with Crippen LogP contribution in [0.5, 0.6) is 0 Å². The number of amides is 2. The number of hydrogen-bond acceptors (Lipinski definition) is 4. The van der Waals surface area contributed by atoms with Crippen LogP contribution in [0.15, 0.2) is 42.6 Å². The van der Waals surface area contributed by atoms with Crippen LogP contribution in [-0.4, -0.2) is 59.3 Å². The SMILES string of the molecule is O=C(CN1CCN(C(=O)c2ccnc(Cl)c2)CC1)Nc1ccc(F)cc1. The van der Waals surface area contributed by atoms with E-state index in [1.54, 1.807) is 17.0 Å². The summed E-state index contributed by atoms with van der Waals surface area (Å²) in [6, 6.07) is 8.81. The van der Waals surface area contributed by atoms with Gasteiger partial charge in [-0.05, 0) is 36.4 Å². The van der Waals surface area contributed by atoms with Crippen LogP contribution < -0.4 is 5.32 Å². The average Bonchev–Trinajstić information content (AvgIpc) is 2.64. The maximum absolute atomic E-state index is 12.9. The number of benzene rings is 1. The first-order chi connectivity index (χ1) is 12.5. The first-order valence-corrected chi connectivity index (χ1v) is 8.58. The van der Waals surface area contributed by atoms with Crippen LogP contribution >= 0.6 is 11.6 Å². The molecule has 1 N–H and O–H groups in total. The summed E-state index contributed by atoms with van der Waals surface area (Å²) in [5, 5.41) is 3.02. The Morgan fingerprint density at radius 2 is 1.81 bits per heavy atom. The first kappa shape index (κ1) is 18.3. The quantitative estimate of drug-likeness (QED) is 0.831. The molecule has 0 radical (unpaired) electrons. The zero-order valence-electron chi connectivity index (χ0n) is 14.0. The molecular formula is C18H18ClFN4O2. The topological polar surface area (TPSA) is 65.5 Å². The van der Waals surface area contributed by atoms with Crippen molar-refractivity contribution in [1.82, 2.24) is 14.8 Å². The number of nitrogens with zero attached hydrogens (tertiary/aromatic N) is 3. The lowest BCUT2D eigenvalue weighted by molar-refractivity contribution is -0.117. The highest BCUT2D eigenvalue weighted by molar-refractivity contribution is 6.29. The number of halogens is 2. The lowest BCUT2D eigenvalue weighted by atomic mass is 10.2. The Morgan fingerprint density at radius 1 is 1.12 bits per heavy atom. The van der Waals surface area contributed by atoms with Crippen molar-refractivity contribution in [2.75, 3.05) is 38.0 Å². The molecule has 0 spiro atoms. The van der Waals surface area contributed by atoms with Gasteiger partial charge >= 0.3 is 0 Å². The smallest absolute Gasteiger partial charge is 0.254 e. The minimum atomic E-state index is -0.348. The highest BCUT2D eigenvalue weighted by Crippen LogP contribution is 2.12. The van der Waals surface area contributed by atoms with Crippen LogP contribution in [0.1, 0.15) is 10.4 Å². The summed E-state index contributed by atoms with van der Waals surface area (Å²) >= 11 is 5.83. The second kappa shape index (κ2) is 8.25. The lowest BCUT2D eigenvalue weighted by Crippen LogP contribution is -2.50. The number of hydrogen-bond donors (Lipinski definition) is 1. The molecule has 3 rings (SSSR count). The minimum Gasteiger partial charge on any atom is -0.336 e. The largest absolute Gasteiger partial charge is 0.336 e. The Morgan fingerprint density at radius 3 is 2.46 bits per heavy atom. The molecule has 6 nitrogen and oxygen atoms in total. The van der Waals surface area contributed by atoms with E-state index in [-0.39, 0.29) is 29.3 Å². The van der Waals surface area contributed by atoms with Gasteiger partial charge in [-0.25, -0.2) is 9.37 Å². The number of aromatic nitrogens is 1. The fourth-order valence-electron chi connectivity index (χ4n) is 2.76. The molecule has 8 heteroatoms. The van der Waals surface area contributed by atoms with Gasteiger partial charge in [-0.15, -0.1) is 0 Å². The van der Waals surface area contributed by atoms with E-state index in [4.69, 9.17) is 11.6 Å². The van der Waals surface area contributed by atoms with Gasteiger partial charge < -0.3 is 10.2 Å². The van der Waals surface area contributed by atoms with Crippen molar-refractivity contribution in [3.05, 3.63) is 59.1 Å². The van der Waals surface area contributed by atoms with Gasteiger partial charge in [0.05, 0.1) is 6.54 Å². The van der Waals surface area contributed by atoms with Crippen LogP contribution in [0.4, 0.5) is 10.1 Å². The molecule has 0 saturated carbocycles. The maximum atomic E-state index is 12.9. The molecule has 0 bridgehead atoms. The van der Waals surface area contributed by atoms with Gasteiger partial charge in [0, 0.05) is 43.6 Å². The van der Waals surface area contributed by atoms with Gasteiger partial charge in [0.25, 0.3) is 5.91 Å². The molecule has 1 aromatic carbocycles. The minimum absolute atomic E-state index is 0.0929. The standard InChI is InChI=1S/C18H18ClFN4O2/c19-16-11-13(5-6-21-16)18(26)24-9-7-23(8-10-24)12-17(25)22-15-3-1-14(20)2-4-15/h1-6,11H,7-10,12H2,(H,22,25). The fraction of sp³-hybridized carbons (Fsp3) is 0.278. The van der Waals surface area contributed by atoms with E-state index in [0.29, 0.717) is 37.4 Å². The third kappa shape index (κ3) is 4.77. The van der Waals surface area contributed by atoms with Gasteiger partial charge in [-0.2, -0.15) is 0 Å². The molecule has 1 fully saturated rings. The molecule has 0 atom stereocenters. The van der Waals surface area contributed by atoms with Crippen molar-refractivity contribution in [3.8, 4) is 0 Å². The third-order valence-electron chi connectivity index (χ3n) is 4.13. The Kier molecular flexibility index (Phi) is 5.80. The first-order valence-electron chi connectivity index (χ1n) is 8.20. The number of carbonyl (C=O) groups is 2.